The summed E-state index contributed by atoms with van der Waals surface area (Å²) in [7, 11) is 0. The van der Waals surface area contributed by atoms with E-state index < -0.39 is 6.10 Å². The van der Waals surface area contributed by atoms with E-state index in [9.17, 15) is 4.79 Å². The Morgan fingerprint density at radius 1 is 1.69 bits per heavy atom. The Balaban J connectivity index is 1.89. The third-order valence-corrected chi connectivity index (χ3v) is 3.14. The first kappa shape index (κ1) is 11.4. The average molecular weight is 242 g/mol. The van der Waals surface area contributed by atoms with E-state index in [1.807, 2.05) is 0 Å². The molecule has 1 aromatic rings. The Morgan fingerprint density at radius 2 is 2.50 bits per heavy atom. The molecule has 0 aromatic carbocycles. The number of hydrogen-bond acceptors (Lipinski definition) is 6. The van der Waals surface area contributed by atoms with Crippen molar-refractivity contribution in [3.05, 3.63) is 5.82 Å². The van der Waals surface area contributed by atoms with Gasteiger partial charge in [-0.1, -0.05) is 0 Å². The van der Waals surface area contributed by atoms with Crippen molar-refractivity contribution in [2.75, 3.05) is 11.9 Å². The third-order valence-electron chi connectivity index (χ3n) is 2.42. The lowest BCUT2D eigenvalue weighted by atomic mass is 10.2. The largest absolute Gasteiger partial charge is 0.364 e. The van der Waals surface area contributed by atoms with E-state index in [4.69, 9.17) is 10.5 Å². The molecule has 0 spiro atoms. The van der Waals surface area contributed by atoms with Crippen LogP contribution in [0.5, 0.6) is 0 Å². The number of carbonyl (C=O) groups excluding carboxylic acids is 1. The van der Waals surface area contributed by atoms with Crippen LogP contribution < -0.4 is 11.1 Å². The summed E-state index contributed by atoms with van der Waals surface area (Å²) in [6.07, 6.45) is 1.15. The Morgan fingerprint density at radius 3 is 3.06 bits per heavy atom. The molecule has 2 unspecified atom stereocenters. The number of hydrogen-bond donors (Lipinski definition) is 2. The first-order valence-electron chi connectivity index (χ1n) is 5.15. The minimum absolute atomic E-state index is 0.00639. The monoisotopic (exact) mass is 242 g/mol. The molecule has 0 saturated carbocycles. The van der Waals surface area contributed by atoms with Gasteiger partial charge in [-0.3, -0.25) is 10.1 Å². The van der Waals surface area contributed by atoms with Crippen LogP contribution in [0.4, 0.5) is 5.13 Å². The number of carbonyl (C=O) groups is 1. The van der Waals surface area contributed by atoms with Crippen molar-refractivity contribution < 1.29 is 9.53 Å². The van der Waals surface area contributed by atoms with E-state index in [1.165, 1.54) is 11.5 Å². The first-order valence-corrected chi connectivity index (χ1v) is 5.93. The number of nitrogens with zero attached hydrogens (tertiary/aromatic N) is 2. The van der Waals surface area contributed by atoms with Gasteiger partial charge < -0.3 is 10.5 Å². The van der Waals surface area contributed by atoms with Gasteiger partial charge in [0.15, 0.2) is 0 Å². The molecule has 1 aliphatic heterocycles. The van der Waals surface area contributed by atoms with Crippen molar-refractivity contribution in [3.63, 3.8) is 0 Å². The summed E-state index contributed by atoms with van der Waals surface area (Å²) in [5, 5.41) is 3.21. The van der Waals surface area contributed by atoms with Crippen molar-refractivity contribution in [1.82, 2.24) is 9.36 Å². The van der Waals surface area contributed by atoms with E-state index in [-0.39, 0.29) is 12.0 Å². The van der Waals surface area contributed by atoms with Crippen molar-refractivity contribution in [2.45, 2.75) is 32.0 Å². The molecule has 7 heteroatoms. The number of aromatic nitrogens is 2. The van der Waals surface area contributed by atoms with Crippen LogP contribution in [0, 0.1) is 6.92 Å². The SMILES string of the molecule is Cc1nsc(NC(=O)C2CCC(CN)O2)n1. The fourth-order valence-electron chi connectivity index (χ4n) is 1.61. The molecule has 1 saturated heterocycles. The summed E-state index contributed by atoms with van der Waals surface area (Å²) in [5.41, 5.74) is 5.48. The lowest BCUT2D eigenvalue weighted by Gasteiger charge is -2.10. The van der Waals surface area contributed by atoms with Crippen LogP contribution in [0.2, 0.25) is 0 Å². The van der Waals surface area contributed by atoms with Crippen LogP contribution in [0.25, 0.3) is 0 Å². The number of rotatable bonds is 3. The lowest BCUT2D eigenvalue weighted by Crippen LogP contribution is -2.29. The molecule has 2 atom stereocenters. The van der Waals surface area contributed by atoms with E-state index in [0.29, 0.717) is 23.9 Å². The van der Waals surface area contributed by atoms with Gasteiger partial charge in [0.1, 0.15) is 11.9 Å². The molecule has 1 fully saturated rings. The predicted molar refractivity (Wildman–Crippen MR) is 60.2 cm³/mol. The smallest absolute Gasteiger partial charge is 0.255 e. The van der Waals surface area contributed by atoms with Crippen molar-refractivity contribution in [2.24, 2.45) is 5.73 Å². The van der Waals surface area contributed by atoms with Gasteiger partial charge >= 0.3 is 0 Å². The molecular weight excluding hydrogens is 228 g/mol. The quantitative estimate of drug-likeness (QED) is 0.795. The molecule has 3 N–H and O–H groups in total. The molecular formula is C9H14N4O2S. The molecule has 1 aromatic heterocycles. The second kappa shape index (κ2) is 4.86. The van der Waals surface area contributed by atoms with Crippen LogP contribution >= 0.6 is 11.5 Å². The fourth-order valence-corrected chi connectivity index (χ4v) is 2.18. The number of aryl methyl sites for hydroxylation is 1. The van der Waals surface area contributed by atoms with E-state index >= 15 is 0 Å². The van der Waals surface area contributed by atoms with E-state index in [0.717, 1.165) is 6.42 Å². The van der Waals surface area contributed by atoms with Gasteiger partial charge in [0.25, 0.3) is 5.91 Å². The zero-order valence-electron chi connectivity index (χ0n) is 8.97. The first-order chi connectivity index (χ1) is 7.69. The Labute approximate surface area is 97.4 Å². The molecule has 1 amide bonds. The highest BCUT2D eigenvalue weighted by atomic mass is 32.1. The summed E-state index contributed by atoms with van der Waals surface area (Å²) >= 11 is 1.17. The van der Waals surface area contributed by atoms with Gasteiger partial charge in [-0.25, -0.2) is 4.98 Å². The summed E-state index contributed by atoms with van der Waals surface area (Å²) in [6.45, 7) is 2.24. The Kier molecular flexibility index (Phi) is 3.47. The van der Waals surface area contributed by atoms with Crippen LogP contribution in [0.3, 0.4) is 0 Å². The maximum absolute atomic E-state index is 11.7. The summed E-state index contributed by atoms with van der Waals surface area (Å²) in [5.74, 6) is 0.500. The topological polar surface area (TPSA) is 90.1 Å². The van der Waals surface area contributed by atoms with Crippen LogP contribution in [-0.4, -0.2) is 34.0 Å². The maximum atomic E-state index is 11.7. The minimum Gasteiger partial charge on any atom is -0.364 e. The van der Waals surface area contributed by atoms with Gasteiger partial charge in [0.05, 0.1) is 6.10 Å². The Hall–Kier alpha value is -1.05. The lowest BCUT2D eigenvalue weighted by molar-refractivity contribution is -0.126. The fraction of sp³-hybridized carbons (Fsp3) is 0.667. The molecule has 0 bridgehead atoms. The van der Waals surface area contributed by atoms with Crippen LogP contribution in [0.1, 0.15) is 18.7 Å². The summed E-state index contributed by atoms with van der Waals surface area (Å²) in [4.78, 5) is 15.8. The average Bonchev–Trinajstić information content (AvgIpc) is 2.87. The van der Waals surface area contributed by atoms with Gasteiger partial charge in [-0.05, 0) is 19.8 Å². The third kappa shape index (κ3) is 2.55. The number of nitrogens with two attached hydrogens (primary N) is 1. The molecule has 16 heavy (non-hydrogen) atoms. The number of amides is 1. The number of nitrogens with one attached hydrogen (secondary N) is 1. The second-order valence-corrected chi connectivity index (χ2v) is 4.45. The van der Waals surface area contributed by atoms with Crippen LogP contribution in [-0.2, 0) is 9.53 Å². The highest BCUT2D eigenvalue weighted by Gasteiger charge is 2.30. The standard InChI is InChI=1S/C9H14N4O2S/c1-5-11-9(16-13-5)12-8(14)7-3-2-6(4-10)15-7/h6-7H,2-4,10H2,1H3,(H,11,12,13,14). The normalized spacial score (nSPS) is 24.6. The molecule has 2 heterocycles. The highest BCUT2D eigenvalue weighted by molar-refractivity contribution is 7.09. The molecule has 2 rings (SSSR count). The molecule has 6 nitrogen and oxygen atoms in total. The van der Waals surface area contributed by atoms with Crippen molar-refractivity contribution in [3.8, 4) is 0 Å². The van der Waals surface area contributed by atoms with Gasteiger partial charge in [-0.15, -0.1) is 0 Å². The zero-order valence-corrected chi connectivity index (χ0v) is 9.79. The summed E-state index contributed by atoms with van der Waals surface area (Å²) in [6, 6.07) is 0. The van der Waals surface area contributed by atoms with E-state index in [1.54, 1.807) is 6.92 Å². The van der Waals surface area contributed by atoms with Gasteiger partial charge in [0, 0.05) is 18.1 Å². The number of ether oxygens (including phenoxy) is 1. The summed E-state index contributed by atoms with van der Waals surface area (Å²) < 4.78 is 9.45. The highest BCUT2D eigenvalue weighted by Crippen LogP contribution is 2.20. The van der Waals surface area contributed by atoms with Gasteiger partial charge in [0.2, 0.25) is 5.13 Å². The predicted octanol–water partition coefficient (Wildman–Crippen LogP) is 0.291. The second-order valence-electron chi connectivity index (χ2n) is 3.70. The molecule has 1 aliphatic rings. The maximum Gasteiger partial charge on any atom is 0.255 e. The molecule has 88 valence electrons. The minimum atomic E-state index is -0.405. The zero-order chi connectivity index (χ0) is 11.5. The Bertz CT molecular complexity index is 381. The van der Waals surface area contributed by atoms with Crippen LogP contribution in [0.15, 0.2) is 0 Å². The molecule has 0 radical (unpaired) electrons. The van der Waals surface area contributed by atoms with Crippen molar-refractivity contribution in [1.29, 1.82) is 0 Å². The number of anilines is 1. The van der Waals surface area contributed by atoms with E-state index in [2.05, 4.69) is 14.7 Å². The van der Waals surface area contributed by atoms with Crippen molar-refractivity contribution >= 4 is 22.6 Å². The molecule has 0 aliphatic carbocycles. The van der Waals surface area contributed by atoms with Gasteiger partial charge in [-0.2, -0.15) is 4.37 Å².